The zero-order chi connectivity index (χ0) is 15.9. The van der Waals surface area contributed by atoms with Gasteiger partial charge in [-0.05, 0) is 43.1 Å². The van der Waals surface area contributed by atoms with E-state index in [-0.39, 0.29) is 0 Å². The highest BCUT2D eigenvalue weighted by atomic mass is 16.5. The first-order chi connectivity index (χ1) is 10.7. The third-order valence-electron chi connectivity index (χ3n) is 4.00. The van der Waals surface area contributed by atoms with Crippen molar-refractivity contribution in [3.05, 3.63) is 54.1 Å². The molecule has 0 saturated carbocycles. The molecular weight excluding hydrogens is 272 g/mol. The van der Waals surface area contributed by atoms with Gasteiger partial charge in [0.15, 0.2) is 0 Å². The van der Waals surface area contributed by atoms with Gasteiger partial charge in [0.05, 0.1) is 7.11 Å². The number of nitrogens with two attached hydrogens (primary N) is 1. The van der Waals surface area contributed by atoms with Crippen LogP contribution in [-0.2, 0) is 0 Å². The number of rotatable bonds is 7. The summed E-state index contributed by atoms with van der Waals surface area (Å²) in [5.41, 5.74) is 9.23. The molecule has 2 rings (SSSR count). The predicted molar refractivity (Wildman–Crippen MR) is 93.1 cm³/mol. The maximum atomic E-state index is 5.66. The summed E-state index contributed by atoms with van der Waals surface area (Å²) in [5.74, 6) is 1.40. The maximum absolute atomic E-state index is 5.66. The summed E-state index contributed by atoms with van der Waals surface area (Å²) in [6, 6.07) is 17.1. The van der Waals surface area contributed by atoms with Crippen molar-refractivity contribution in [2.24, 2.45) is 11.7 Å². The Labute approximate surface area is 133 Å². The van der Waals surface area contributed by atoms with Crippen molar-refractivity contribution in [2.75, 3.05) is 20.2 Å². The third-order valence-corrected chi connectivity index (χ3v) is 4.00. The van der Waals surface area contributed by atoms with Gasteiger partial charge in [0.1, 0.15) is 5.75 Å². The summed E-state index contributed by atoms with van der Waals surface area (Å²) < 4.78 is 5.43. The van der Waals surface area contributed by atoms with E-state index in [4.69, 9.17) is 10.5 Å². The lowest BCUT2D eigenvalue weighted by Crippen LogP contribution is -2.28. The van der Waals surface area contributed by atoms with E-state index in [0.29, 0.717) is 18.5 Å². The maximum Gasteiger partial charge on any atom is 0.126 e. The van der Waals surface area contributed by atoms with Crippen LogP contribution in [0.2, 0.25) is 0 Å². The van der Waals surface area contributed by atoms with Crippen molar-refractivity contribution in [1.29, 1.82) is 0 Å². The normalized spacial score (nSPS) is 13.6. The van der Waals surface area contributed by atoms with E-state index in [2.05, 4.69) is 49.5 Å². The van der Waals surface area contributed by atoms with Crippen LogP contribution in [0.3, 0.4) is 0 Å². The fourth-order valence-electron chi connectivity index (χ4n) is 2.41. The molecule has 118 valence electrons. The topological polar surface area (TPSA) is 47.3 Å². The van der Waals surface area contributed by atoms with Gasteiger partial charge < -0.3 is 15.8 Å². The highest BCUT2D eigenvalue weighted by molar-refractivity contribution is 5.70. The Kier molecular flexibility index (Phi) is 5.99. The van der Waals surface area contributed by atoms with Crippen LogP contribution in [0, 0.1) is 5.92 Å². The molecule has 2 aromatic carbocycles. The molecule has 22 heavy (non-hydrogen) atoms. The Morgan fingerprint density at radius 2 is 1.73 bits per heavy atom. The standard InChI is InChI=1S/C19H26N2O/c1-14(12-20)13-21-15(2)16-8-10-17(11-9-16)18-6-4-5-7-19(18)22-3/h4-11,14-15,21H,12-13,20H2,1-3H3/t14-,15?/m1/s1. The Hall–Kier alpha value is -1.84. The predicted octanol–water partition coefficient (Wildman–Crippen LogP) is 3.61. The first-order valence-corrected chi connectivity index (χ1v) is 7.82. The number of methoxy groups -OCH3 is 1. The first-order valence-electron chi connectivity index (χ1n) is 7.82. The third kappa shape index (κ3) is 4.09. The van der Waals surface area contributed by atoms with Crippen LogP contribution in [-0.4, -0.2) is 20.2 Å². The molecule has 0 spiro atoms. The molecule has 0 aromatic heterocycles. The van der Waals surface area contributed by atoms with Gasteiger partial charge in [-0.15, -0.1) is 0 Å². The van der Waals surface area contributed by atoms with Crippen LogP contribution in [0.5, 0.6) is 5.75 Å². The fourth-order valence-corrected chi connectivity index (χ4v) is 2.41. The molecule has 0 saturated heterocycles. The molecule has 3 N–H and O–H groups in total. The molecule has 3 nitrogen and oxygen atoms in total. The second-order valence-corrected chi connectivity index (χ2v) is 5.79. The molecule has 0 amide bonds. The van der Waals surface area contributed by atoms with Gasteiger partial charge in [-0.2, -0.15) is 0 Å². The molecule has 0 bridgehead atoms. The summed E-state index contributed by atoms with van der Waals surface area (Å²) in [4.78, 5) is 0. The van der Waals surface area contributed by atoms with E-state index in [1.807, 2.05) is 18.2 Å². The second-order valence-electron chi connectivity index (χ2n) is 5.79. The molecular formula is C19H26N2O. The Balaban J connectivity index is 2.10. The SMILES string of the molecule is COc1ccccc1-c1ccc(C(C)NC[C@H](C)CN)cc1. The van der Waals surface area contributed by atoms with Gasteiger partial charge >= 0.3 is 0 Å². The average molecular weight is 298 g/mol. The Morgan fingerprint density at radius 1 is 1.05 bits per heavy atom. The van der Waals surface area contributed by atoms with E-state index in [9.17, 15) is 0 Å². The van der Waals surface area contributed by atoms with Crippen molar-refractivity contribution >= 4 is 0 Å². The lowest BCUT2D eigenvalue weighted by atomic mass is 10.0. The van der Waals surface area contributed by atoms with E-state index in [1.165, 1.54) is 11.1 Å². The monoisotopic (exact) mass is 298 g/mol. The molecule has 0 aliphatic rings. The largest absolute Gasteiger partial charge is 0.496 e. The zero-order valence-corrected chi connectivity index (χ0v) is 13.7. The number of nitrogens with one attached hydrogen (secondary N) is 1. The fraction of sp³-hybridized carbons (Fsp3) is 0.368. The molecule has 1 unspecified atom stereocenters. The molecule has 3 heteroatoms. The molecule has 0 radical (unpaired) electrons. The summed E-state index contributed by atoms with van der Waals surface area (Å²) in [5, 5.41) is 3.53. The van der Waals surface area contributed by atoms with Crippen molar-refractivity contribution < 1.29 is 4.74 Å². The van der Waals surface area contributed by atoms with Crippen LogP contribution in [0.4, 0.5) is 0 Å². The summed E-state index contributed by atoms with van der Waals surface area (Å²) in [6.45, 7) is 5.99. The van der Waals surface area contributed by atoms with Crippen LogP contribution in [0.15, 0.2) is 48.5 Å². The summed E-state index contributed by atoms with van der Waals surface area (Å²) >= 11 is 0. The van der Waals surface area contributed by atoms with Gasteiger partial charge in [-0.3, -0.25) is 0 Å². The smallest absolute Gasteiger partial charge is 0.126 e. The van der Waals surface area contributed by atoms with Crippen LogP contribution >= 0.6 is 0 Å². The first kappa shape index (κ1) is 16.5. The van der Waals surface area contributed by atoms with Crippen LogP contribution in [0.25, 0.3) is 11.1 Å². The number of hydrogen-bond acceptors (Lipinski definition) is 3. The summed E-state index contributed by atoms with van der Waals surface area (Å²) in [7, 11) is 1.71. The van der Waals surface area contributed by atoms with E-state index in [0.717, 1.165) is 17.9 Å². The zero-order valence-electron chi connectivity index (χ0n) is 13.7. The van der Waals surface area contributed by atoms with Crippen LogP contribution < -0.4 is 15.8 Å². The Bertz CT molecular complexity index is 580. The molecule has 2 aromatic rings. The van der Waals surface area contributed by atoms with E-state index < -0.39 is 0 Å². The number of hydrogen-bond donors (Lipinski definition) is 2. The molecule has 0 fully saturated rings. The summed E-state index contributed by atoms with van der Waals surface area (Å²) in [6.07, 6.45) is 0. The number of para-hydroxylation sites is 1. The van der Waals surface area contributed by atoms with Crippen molar-refractivity contribution in [1.82, 2.24) is 5.32 Å². The minimum atomic E-state index is 0.320. The van der Waals surface area contributed by atoms with Crippen molar-refractivity contribution in [3.8, 4) is 16.9 Å². The number of benzene rings is 2. The van der Waals surface area contributed by atoms with E-state index >= 15 is 0 Å². The second kappa shape index (κ2) is 7.97. The Morgan fingerprint density at radius 3 is 2.36 bits per heavy atom. The number of ether oxygens (including phenoxy) is 1. The average Bonchev–Trinajstić information content (AvgIpc) is 2.59. The molecule has 2 atom stereocenters. The van der Waals surface area contributed by atoms with Gasteiger partial charge in [0, 0.05) is 11.6 Å². The minimum Gasteiger partial charge on any atom is -0.496 e. The van der Waals surface area contributed by atoms with Gasteiger partial charge in [-0.1, -0.05) is 49.4 Å². The van der Waals surface area contributed by atoms with Gasteiger partial charge in [0.25, 0.3) is 0 Å². The van der Waals surface area contributed by atoms with Crippen LogP contribution in [0.1, 0.15) is 25.5 Å². The molecule has 0 aliphatic carbocycles. The highest BCUT2D eigenvalue weighted by Crippen LogP contribution is 2.30. The van der Waals surface area contributed by atoms with Gasteiger partial charge in [0.2, 0.25) is 0 Å². The van der Waals surface area contributed by atoms with Gasteiger partial charge in [-0.25, -0.2) is 0 Å². The minimum absolute atomic E-state index is 0.320. The quantitative estimate of drug-likeness (QED) is 0.821. The lowest BCUT2D eigenvalue weighted by molar-refractivity contribution is 0.416. The van der Waals surface area contributed by atoms with Crippen molar-refractivity contribution in [2.45, 2.75) is 19.9 Å². The lowest BCUT2D eigenvalue weighted by Gasteiger charge is -2.17. The van der Waals surface area contributed by atoms with E-state index in [1.54, 1.807) is 7.11 Å². The highest BCUT2D eigenvalue weighted by Gasteiger charge is 2.09. The van der Waals surface area contributed by atoms with Crippen molar-refractivity contribution in [3.63, 3.8) is 0 Å². The molecule has 0 aliphatic heterocycles. The molecule has 0 heterocycles.